The lowest BCUT2D eigenvalue weighted by Gasteiger charge is -2.29. The molecule has 1 aliphatic heterocycles. The third-order valence-electron chi connectivity index (χ3n) is 3.04. The minimum absolute atomic E-state index is 0.109. The average molecular weight is 196 g/mol. The van der Waals surface area contributed by atoms with E-state index in [1.165, 1.54) is 6.42 Å². The lowest BCUT2D eigenvalue weighted by atomic mass is 9.88. The van der Waals surface area contributed by atoms with Gasteiger partial charge in [-0.3, -0.25) is 4.57 Å². The zero-order valence-corrected chi connectivity index (χ0v) is 8.36. The number of rotatable bonds is 2. The van der Waals surface area contributed by atoms with Gasteiger partial charge in [0, 0.05) is 6.54 Å². The molecule has 2 N–H and O–H groups in total. The van der Waals surface area contributed by atoms with Gasteiger partial charge in [0.1, 0.15) is 6.33 Å². The van der Waals surface area contributed by atoms with Gasteiger partial charge in [-0.2, -0.15) is 5.10 Å². The number of hydrogen-bond donors (Lipinski definition) is 2. The van der Waals surface area contributed by atoms with Crippen molar-refractivity contribution in [1.82, 2.24) is 20.1 Å². The Hall–Kier alpha value is -1.10. The summed E-state index contributed by atoms with van der Waals surface area (Å²) < 4.78 is 1.65. The van der Waals surface area contributed by atoms with Crippen LogP contribution in [-0.4, -0.2) is 27.9 Å². The van der Waals surface area contributed by atoms with Crippen molar-refractivity contribution in [3.8, 4) is 0 Å². The highest BCUT2D eigenvalue weighted by atomic mass is 16.1. The van der Waals surface area contributed by atoms with Crippen LogP contribution in [0.4, 0.5) is 0 Å². The van der Waals surface area contributed by atoms with Crippen molar-refractivity contribution in [2.75, 3.05) is 13.1 Å². The average Bonchev–Trinajstić information content (AvgIpc) is 2.56. The first-order valence-electron chi connectivity index (χ1n) is 5.08. The number of piperidine rings is 1. The highest BCUT2D eigenvalue weighted by molar-refractivity contribution is 4.77. The molecule has 0 aromatic carbocycles. The molecule has 0 spiro atoms. The first-order chi connectivity index (χ1) is 6.77. The predicted molar refractivity (Wildman–Crippen MR) is 53.0 cm³/mol. The summed E-state index contributed by atoms with van der Waals surface area (Å²) in [5, 5.41) is 9.48. The Kier molecular flexibility index (Phi) is 2.67. The summed E-state index contributed by atoms with van der Waals surface area (Å²) in [6.07, 6.45) is 2.76. The molecule has 2 unspecified atom stereocenters. The van der Waals surface area contributed by atoms with E-state index in [0.29, 0.717) is 11.8 Å². The van der Waals surface area contributed by atoms with Crippen molar-refractivity contribution >= 4 is 0 Å². The second kappa shape index (κ2) is 3.96. The van der Waals surface area contributed by atoms with Gasteiger partial charge < -0.3 is 5.32 Å². The van der Waals surface area contributed by atoms with Gasteiger partial charge in [0.25, 0.3) is 0 Å². The van der Waals surface area contributed by atoms with E-state index in [1.54, 1.807) is 10.9 Å². The molecule has 2 heterocycles. The molecule has 5 nitrogen and oxygen atoms in total. The monoisotopic (exact) mass is 196 g/mol. The zero-order chi connectivity index (χ0) is 9.97. The molecule has 78 valence electrons. The van der Waals surface area contributed by atoms with E-state index < -0.39 is 0 Å². The largest absolute Gasteiger partial charge is 0.343 e. The van der Waals surface area contributed by atoms with Crippen molar-refractivity contribution in [1.29, 1.82) is 0 Å². The fourth-order valence-corrected chi connectivity index (χ4v) is 1.95. The van der Waals surface area contributed by atoms with Crippen LogP contribution in [0.5, 0.6) is 0 Å². The maximum atomic E-state index is 11.2. The number of aromatic amines is 1. The Morgan fingerprint density at radius 2 is 2.57 bits per heavy atom. The predicted octanol–water partition coefficient (Wildman–Crippen LogP) is -0.183. The second-order valence-corrected chi connectivity index (χ2v) is 4.04. The summed E-state index contributed by atoms with van der Waals surface area (Å²) in [5.74, 6) is 1.22. The van der Waals surface area contributed by atoms with Gasteiger partial charge in [-0.1, -0.05) is 6.92 Å². The van der Waals surface area contributed by atoms with Crippen LogP contribution < -0.4 is 11.0 Å². The topological polar surface area (TPSA) is 62.7 Å². The number of aromatic nitrogens is 3. The molecule has 1 fully saturated rings. The van der Waals surface area contributed by atoms with Gasteiger partial charge in [-0.05, 0) is 31.3 Å². The molecule has 0 amide bonds. The molecule has 2 rings (SSSR count). The Morgan fingerprint density at radius 3 is 3.21 bits per heavy atom. The smallest absolute Gasteiger partial charge is 0.316 e. The van der Waals surface area contributed by atoms with Crippen LogP contribution in [0.25, 0.3) is 0 Å². The molecular formula is C9H16N4O. The summed E-state index contributed by atoms with van der Waals surface area (Å²) in [6.45, 7) is 5.11. The van der Waals surface area contributed by atoms with Crippen molar-refractivity contribution < 1.29 is 0 Å². The normalized spacial score (nSPS) is 27.8. The highest BCUT2D eigenvalue weighted by Gasteiger charge is 2.21. The van der Waals surface area contributed by atoms with Crippen molar-refractivity contribution in [3.63, 3.8) is 0 Å². The molecule has 14 heavy (non-hydrogen) atoms. The molecule has 1 aromatic heterocycles. The van der Waals surface area contributed by atoms with Crippen molar-refractivity contribution in [2.45, 2.75) is 19.9 Å². The molecular weight excluding hydrogens is 180 g/mol. The van der Waals surface area contributed by atoms with E-state index in [4.69, 9.17) is 0 Å². The van der Waals surface area contributed by atoms with Crippen LogP contribution in [0.1, 0.15) is 13.3 Å². The Balaban J connectivity index is 2.03. The van der Waals surface area contributed by atoms with Crippen LogP contribution in [0.15, 0.2) is 11.1 Å². The molecule has 0 saturated carbocycles. The SMILES string of the molecule is CC1CCNCC1Cn1cn[nH]c1=O. The zero-order valence-electron chi connectivity index (χ0n) is 8.36. The Morgan fingerprint density at radius 1 is 1.71 bits per heavy atom. The lowest BCUT2D eigenvalue weighted by molar-refractivity contribution is 0.243. The van der Waals surface area contributed by atoms with Crippen LogP contribution in [0, 0.1) is 11.8 Å². The fourth-order valence-electron chi connectivity index (χ4n) is 1.95. The van der Waals surface area contributed by atoms with E-state index in [2.05, 4.69) is 22.4 Å². The minimum atomic E-state index is -0.109. The molecule has 0 bridgehead atoms. The summed E-state index contributed by atoms with van der Waals surface area (Å²) in [5.41, 5.74) is -0.109. The first kappa shape index (κ1) is 9.45. The fraction of sp³-hybridized carbons (Fsp3) is 0.778. The number of nitrogens with zero attached hydrogens (tertiary/aromatic N) is 2. The van der Waals surface area contributed by atoms with E-state index in [1.807, 2.05) is 0 Å². The highest BCUT2D eigenvalue weighted by Crippen LogP contribution is 2.19. The molecule has 0 aliphatic carbocycles. The number of hydrogen-bond acceptors (Lipinski definition) is 3. The van der Waals surface area contributed by atoms with E-state index in [-0.39, 0.29) is 5.69 Å². The van der Waals surface area contributed by atoms with Gasteiger partial charge in [0.05, 0.1) is 0 Å². The van der Waals surface area contributed by atoms with Gasteiger partial charge in [0.15, 0.2) is 0 Å². The van der Waals surface area contributed by atoms with E-state index in [0.717, 1.165) is 19.6 Å². The maximum absolute atomic E-state index is 11.2. The van der Waals surface area contributed by atoms with Crippen molar-refractivity contribution in [3.05, 3.63) is 16.8 Å². The molecule has 1 saturated heterocycles. The summed E-state index contributed by atoms with van der Waals surface area (Å²) >= 11 is 0. The quantitative estimate of drug-likeness (QED) is 0.689. The minimum Gasteiger partial charge on any atom is -0.316 e. The first-order valence-corrected chi connectivity index (χ1v) is 5.08. The van der Waals surface area contributed by atoms with Crippen LogP contribution in [0.2, 0.25) is 0 Å². The number of H-pyrrole nitrogens is 1. The van der Waals surface area contributed by atoms with Gasteiger partial charge in [-0.25, -0.2) is 9.89 Å². The second-order valence-electron chi connectivity index (χ2n) is 4.04. The third kappa shape index (κ3) is 1.87. The molecule has 1 aliphatic rings. The van der Waals surface area contributed by atoms with Crippen LogP contribution >= 0.6 is 0 Å². The summed E-state index contributed by atoms with van der Waals surface area (Å²) in [7, 11) is 0. The van der Waals surface area contributed by atoms with Gasteiger partial charge in [0.2, 0.25) is 0 Å². The Labute approximate surface area is 82.5 Å². The molecule has 1 aromatic rings. The van der Waals surface area contributed by atoms with Crippen LogP contribution in [0.3, 0.4) is 0 Å². The molecule has 5 heteroatoms. The van der Waals surface area contributed by atoms with Crippen LogP contribution in [-0.2, 0) is 6.54 Å². The third-order valence-corrected chi connectivity index (χ3v) is 3.04. The van der Waals surface area contributed by atoms with Gasteiger partial charge in [-0.15, -0.1) is 0 Å². The summed E-state index contributed by atoms with van der Waals surface area (Å²) in [4.78, 5) is 11.2. The van der Waals surface area contributed by atoms with Gasteiger partial charge >= 0.3 is 5.69 Å². The standard InChI is InChI=1S/C9H16N4O/c1-7-2-3-10-4-8(7)5-13-6-11-12-9(13)14/h6-8,10H,2-5H2,1H3,(H,12,14). The lowest BCUT2D eigenvalue weighted by Crippen LogP contribution is -2.38. The maximum Gasteiger partial charge on any atom is 0.343 e. The Bertz CT molecular complexity index is 343. The van der Waals surface area contributed by atoms with E-state index in [9.17, 15) is 4.79 Å². The summed E-state index contributed by atoms with van der Waals surface area (Å²) in [6, 6.07) is 0. The molecule has 0 radical (unpaired) electrons. The van der Waals surface area contributed by atoms with E-state index >= 15 is 0 Å². The molecule has 2 atom stereocenters. The van der Waals surface area contributed by atoms with Crippen molar-refractivity contribution in [2.24, 2.45) is 11.8 Å². The number of nitrogens with one attached hydrogen (secondary N) is 2.